The lowest BCUT2D eigenvalue weighted by Crippen LogP contribution is -2.50. The van der Waals surface area contributed by atoms with Crippen LogP contribution in [-0.4, -0.2) is 73.9 Å². The highest BCUT2D eigenvalue weighted by Gasteiger charge is 2.53. The number of likely N-dealkylation sites (tertiary alicyclic amines) is 1. The molecule has 2 saturated heterocycles. The van der Waals surface area contributed by atoms with Crippen LogP contribution in [0.5, 0.6) is 0 Å². The van der Waals surface area contributed by atoms with Crippen molar-refractivity contribution in [2.24, 2.45) is 5.92 Å². The fraction of sp³-hybridized carbons (Fsp3) is 1.00. The molecule has 4 heteroatoms. The predicted molar refractivity (Wildman–Crippen MR) is 88.7 cm³/mol. The Balaban J connectivity index is 1.99. The molecule has 2 rings (SSSR count). The fourth-order valence-electron chi connectivity index (χ4n) is 4.56. The quantitative estimate of drug-likeness (QED) is 0.837. The van der Waals surface area contributed by atoms with Gasteiger partial charge in [-0.05, 0) is 68.2 Å². The predicted octanol–water partition coefficient (Wildman–Crippen LogP) is 1.80. The molecule has 2 heterocycles. The molecule has 2 fully saturated rings. The topological polar surface area (TPSA) is 27.7 Å². The largest absolute Gasteiger partial charge is 0.368 e. The molecule has 124 valence electrons. The van der Waals surface area contributed by atoms with Crippen molar-refractivity contribution in [1.29, 1.82) is 0 Å². The smallest absolute Gasteiger partial charge is 0.0790 e. The summed E-state index contributed by atoms with van der Waals surface area (Å²) in [6, 6.07) is 1.12. The standard InChI is InChI=1S/C17H35N3O/c1-16(2)14(15(18-5)17(3,4)21-16)12-19(6)11-13-9-8-10-20(13)7/h13-15,18H,8-12H2,1-7H3. The van der Waals surface area contributed by atoms with E-state index < -0.39 is 0 Å². The molecule has 3 unspecified atom stereocenters. The van der Waals surface area contributed by atoms with Crippen molar-refractivity contribution < 1.29 is 4.74 Å². The highest BCUT2D eigenvalue weighted by molar-refractivity contribution is 5.05. The number of ether oxygens (including phenoxy) is 1. The summed E-state index contributed by atoms with van der Waals surface area (Å²) in [5.41, 5.74) is -0.180. The molecule has 0 saturated carbocycles. The second kappa shape index (κ2) is 6.15. The number of nitrogens with zero attached hydrogens (tertiary/aromatic N) is 2. The normalized spacial score (nSPS) is 35.7. The van der Waals surface area contributed by atoms with Crippen LogP contribution in [0.4, 0.5) is 0 Å². The zero-order valence-corrected chi connectivity index (χ0v) is 15.1. The van der Waals surface area contributed by atoms with Crippen LogP contribution in [0.2, 0.25) is 0 Å². The van der Waals surface area contributed by atoms with Crippen LogP contribution in [0.25, 0.3) is 0 Å². The van der Waals surface area contributed by atoms with Gasteiger partial charge in [-0.15, -0.1) is 0 Å². The maximum absolute atomic E-state index is 6.34. The van der Waals surface area contributed by atoms with Gasteiger partial charge in [0.05, 0.1) is 11.2 Å². The van der Waals surface area contributed by atoms with Gasteiger partial charge in [0.2, 0.25) is 0 Å². The van der Waals surface area contributed by atoms with E-state index in [1.807, 2.05) is 0 Å². The molecule has 0 aromatic rings. The first kappa shape index (κ1) is 17.2. The molecule has 1 N–H and O–H groups in total. The summed E-state index contributed by atoms with van der Waals surface area (Å²) in [6.07, 6.45) is 2.69. The average molecular weight is 297 g/mol. The molecule has 0 radical (unpaired) electrons. The van der Waals surface area contributed by atoms with Gasteiger partial charge < -0.3 is 19.9 Å². The van der Waals surface area contributed by atoms with Gasteiger partial charge >= 0.3 is 0 Å². The van der Waals surface area contributed by atoms with Crippen LogP contribution in [0, 0.1) is 5.92 Å². The summed E-state index contributed by atoms with van der Waals surface area (Å²) in [5, 5.41) is 3.51. The van der Waals surface area contributed by atoms with E-state index in [0.29, 0.717) is 12.0 Å². The summed E-state index contributed by atoms with van der Waals surface area (Å²) in [6.45, 7) is 12.4. The molecule has 0 aromatic carbocycles. The highest BCUT2D eigenvalue weighted by Crippen LogP contribution is 2.42. The SMILES string of the molecule is CNC1C(CN(C)CC2CCCN2C)C(C)(C)OC1(C)C. The summed E-state index contributed by atoms with van der Waals surface area (Å²) < 4.78 is 6.34. The van der Waals surface area contributed by atoms with Crippen LogP contribution >= 0.6 is 0 Å². The van der Waals surface area contributed by atoms with E-state index >= 15 is 0 Å². The summed E-state index contributed by atoms with van der Waals surface area (Å²) in [4.78, 5) is 5.01. The Morgan fingerprint density at radius 1 is 1.19 bits per heavy atom. The van der Waals surface area contributed by atoms with Crippen LogP contribution in [-0.2, 0) is 4.74 Å². The van der Waals surface area contributed by atoms with Gasteiger partial charge in [-0.3, -0.25) is 0 Å². The summed E-state index contributed by atoms with van der Waals surface area (Å²) in [5.74, 6) is 0.509. The zero-order valence-electron chi connectivity index (χ0n) is 15.1. The number of nitrogens with one attached hydrogen (secondary N) is 1. The third-order valence-corrected chi connectivity index (χ3v) is 5.58. The molecule has 2 aliphatic heterocycles. The van der Waals surface area contributed by atoms with Crippen molar-refractivity contribution in [3.8, 4) is 0 Å². The Morgan fingerprint density at radius 3 is 2.38 bits per heavy atom. The third-order valence-electron chi connectivity index (χ3n) is 5.58. The molecule has 4 nitrogen and oxygen atoms in total. The maximum Gasteiger partial charge on any atom is 0.0790 e. The van der Waals surface area contributed by atoms with Crippen molar-refractivity contribution in [3.05, 3.63) is 0 Å². The van der Waals surface area contributed by atoms with Gasteiger partial charge in [0, 0.05) is 31.1 Å². The second-order valence-corrected chi connectivity index (χ2v) is 8.18. The van der Waals surface area contributed by atoms with Gasteiger partial charge in [-0.2, -0.15) is 0 Å². The highest BCUT2D eigenvalue weighted by atomic mass is 16.5. The van der Waals surface area contributed by atoms with Crippen molar-refractivity contribution in [2.75, 3.05) is 40.8 Å². The van der Waals surface area contributed by atoms with Crippen molar-refractivity contribution in [1.82, 2.24) is 15.1 Å². The van der Waals surface area contributed by atoms with E-state index in [9.17, 15) is 0 Å². The van der Waals surface area contributed by atoms with Gasteiger partial charge in [-0.25, -0.2) is 0 Å². The lowest BCUT2D eigenvalue weighted by atomic mass is 9.82. The molecule has 21 heavy (non-hydrogen) atoms. The molecule has 0 bridgehead atoms. The van der Waals surface area contributed by atoms with Gasteiger partial charge in [-0.1, -0.05) is 0 Å². The minimum absolute atomic E-state index is 0.0764. The number of likely N-dealkylation sites (N-methyl/N-ethyl adjacent to an activating group) is 3. The Hall–Kier alpha value is -0.160. The van der Waals surface area contributed by atoms with Crippen molar-refractivity contribution in [3.63, 3.8) is 0 Å². The lowest BCUT2D eigenvalue weighted by Gasteiger charge is -2.34. The molecule has 0 aliphatic carbocycles. The third kappa shape index (κ3) is 3.61. The molecule has 3 atom stereocenters. The number of hydrogen-bond acceptors (Lipinski definition) is 4. The number of hydrogen-bond donors (Lipinski definition) is 1. The van der Waals surface area contributed by atoms with E-state index in [1.54, 1.807) is 0 Å². The first-order valence-corrected chi connectivity index (χ1v) is 8.43. The number of rotatable bonds is 5. The van der Waals surface area contributed by atoms with Crippen LogP contribution in [0.3, 0.4) is 0 Å². The van der Waals surface area contributed by atoms with E-state index in [-0.39, 0.29) is 11.2 Å². The van der Waals surface area contributed by atoms with Crippen molar-refractivity contribution in [2.45, 2.75) is 63.8 Å². The van der Waals surface area contributed by atoms with E-state index in [4.69, 9.17) is 4.74 Å². The molecule has 0 aromatic heterocycles. The summed E-state index contributed by atoms with van der Waals surface area (Å²) >= 11 is 0. The molecule has 0 spiro atoms. The Bertz CT molecular complexity index is 356. The minimum atomic E-state index is -0.103. The van der Waals surface area contributed by atoms with E-state index in [2.05, 4.69) is 64.0 Å². The van der Waals surface area contributed by atoms with Crippen LogP contribution in [0.15, 0.2) is 0 Å². The zero-order chi connectivity index (χ0) is 15.8. The fourth-order valence-corrected chi connectivity index (χ4v) is 4.56. The Labute approximate surface area is 131 Å². The summed E-state index contributed by atoms with van der Waals surface area (Å²) in [7, 11) is 6.59. The molecular formula is C17H35N3O. The molecule has 0 amide bonds. The van der Waals surface area contributed by atoms with E-state index in [0.717, 1.165) is 12.6 Å². The first-order valence-electron chi connectivity index (χ1n) is 8.43. The van der Waals surface area contributed by atoms with Gasteiger partial charge in [0.25, 0.3) is 0 Å². The molecular weight excluding hydrogens is 262 g/mol. The average Bonchev–Trinajstić information content (AvgIpc) is 2.79. The minimum Gasteiger partial charge on any atom is -0.368 e. The monoisotopic (exact) mass is 297 g/mol. The Morgan fingerprint density at radius 2 is 1.86 bits per heavy atom. The van der Waals surface area contributed by atoms with Crippen molar-refractivity contribution >= 4 is 0 Å². The van der Waals surface area contributed by atoms with Crippen LogP contribution in [0.1, 0.15) is 40.5 Å². The van der Waals surface area contributed by atoms with Gasteiger partial charge in [0.1, 0.15) is 0 Å². The second-order valence-electron chi connectivity index (χ2n) is 8.18. The molecule has 2 aliphatic rings. The van der Waals surface area contributed by atoms with Gasteiger partial charge in [0.15, 0.2) is 0 Å². The Kier molecular flexibility index (Phi) is 5.04. The van der Waals surface area contributed by atoms with Crippen LogP contribution < -0.4 is 5.32 Å². The lowest BCUT2D eigenvalue weighted by molar-refractivity contribution is -0.0792. The first-order chi connectivity index (χ1) is 9.67. The maximum atomic E-state index is 6.34. The van der Waals surface area contributed by atoms with E-state index in [1.165, 1.54) is 25.9 Å².